The molecule has 214 valence electrons. The monoisotopic (exact) mass is 534 g/mol. The highest BCUT2D eigenvalue weighted by Gasteiger charge is 2.30. The second kappa shape index (κ2) is 16.9. The molecule has 0 saturated carbocycles. The molecule has 0 aliphatic rings. The van der Waals surface area contributed by atoms with Gasteiger partial charge in [0.25, 0.3) is 0 Å². The van der Waals surface area contributed by atoms with Crippen molar-refractivity contribution in [1.82, 2.24) is 0 Å². The van der Waals surface area contributed by atoms with E-state index in [-0.39, 0.29) is 49.5 Å². The number of hydrogen-bond acceptors (Lipinski definition) is 8. The maximum Gasteiger partial charge on any atom is 0.305 e. The van der Waals surface area contributed by atoms with Gasteiger partial charge in [-0.2, -0.15) is 0 Å². The van der Waals surface area contributed by atoms with Crippen molar-refractivity contribution < 1.29 is 38.7 Å². The number of carbonyl (C=O) groups excluding carboxylic acids is 2. The smallest absolute Gasteiger partial charge is 0.305 e. The van der Waals surface area contributed by atoms with E-state index in [0.29, 0.717) is 63.2 Å². The maximum absolute atomic E-state index is 12.0. The van der Waals surface area contributed by atoms with E-state index >= 15 is 0 Å². The third kappa shape index (κ3) is 12.1. The van der Waals surface area contributed by atoms with E-state index in [1.165, 1.54) is 0 Å². The Hall–Kier alpha value is -2.84. The third-order valence-electron chi connectivity index (χ3n) is 6.39. The van der Waals surface area contributed by atoms with E-state index in [2.05, 4.69) is 13.2 Å². The molecule has 1 aromatic rings. The number of aromatic hydroxyl groups is 2. The molecule has 0 radical (unpaired) electrons. The zero-order chi connectivity index (χ0) is 28.6. The van der Waals surface area contributed by atoms with Crippen LogP contribution in [0.25, 0.3) is 0 Å². The topological polar surface area (TPSA) is 112 Å². The molecule has 0 fully saturated rings. The van der Waals surface area contributed by atoms with Crippen molar-refractivity contribution in [2.45, 2.75) is 77.0 Å². The Morgan fingerprint density at radius 1 is 0.737 bits per heavy atom. The Morgan fingerprint density at radius 3 is 1.45 bits per heavy atom. The Labute approximate surface area is 227 Å². The van der Waals surface area contributed by atoms with Crippen LogP contribution in [0, 0.1) is 0 Å². The van der Waals surface area contributed by atoms with Crippen LogP contribution in [0.1, 0.15) is 77.3 Å². The van der Waals surface area contributed by atoms with Crippen molar-refractivity contribution >= 4 is 11.9 Å². The van der Waals surface area contributed by atoms with Gasteiger partial charge in [-0.15, -0.1) is 13.2 Å². The minimum Gasteiger partial charge on any atom is -0.508 e. The summed E-state index contributed by atoms with van der Waals surface area (Å²) in [5.74, 6) is -0.400. The second-order valence-electron chi connectivity index (χ2n) is 10.5. The SMILES string of the molecule is C=CCOCCOC(=O)CCCC(C)(C)c1cc(O)c(C(C)(C)CCCC(=O)OCCOCC=C)cc1O. The van der Waals surface area contributed by atoms with Gasteiger partial charge in [-0.05, 0) is 48.6 Å². The zero-order valence-electron chi connectivity index (χ0n) is 23.6. The Kier molecular flexibility index (Phi) is 14.8. The summed E-state index contributed by atoms with van der Waals surface area (Å²) in [6, 6.07) is 3.22. The van der Waals surface area contributed by atoms with E-state index in [0.717, 1.165) is 0 Å². The Bertz CT molecular complexity index is 830. The molecule has 1 aromatic carbocycles. The molecule has 38 heavy (non-hydrogen) atoms. The molecule has 0 aliphatic heterocycles. The molecule has 8 nitrogen and oxygen atoms in total. The highest BCUT2D eigenvalue weighted by Crippen LogP contribution is 2.43. The lowest BCUT2D eigenvalue weighted by Gasteiger charge is -2.30. The van der Waals surface area contributed by atoms with E-state index in [1.54, 1.807) is 24.3 Å². The highest BCUT2D eigenvalue weighted by molar-refractivity contribution is 5.69. The fraction of sp³-hybridized carbons (Fsp3) is 0.600. The van der Waals surface area contributed by atoms with Crippen molar-refractivity contribution in [1.29, 1.82) is 0 Å². The molecule has 0 bridgehead atoms. The van der Waals surface area contributed by atoms with E-state index in [1.807, 2.05) is 27.7 Å². The van der Waals surface area contributed by atoms with Crippen LogP contribution in [-0.4, -0.2) is 61.8 Å². The van der Waals surface area contributed by atoms with Gasteiger partial charge in [0, 0.05) is 24.0 Å². The lowest BCUT2D eigenvalue weighted by molar-refractivity contribution is -0.146. The number of benzene rings is 1. The minimum atomic E-state index is -0.475. The normalized spacial score (nSPS) is 11.7. The summed E-state index contributed by atoms with van der Waals surface area (Å²) in [6.45, 7) is 16.9. The van der Waals surface area contributed by atoms with Gasteiger partial charge in [-0.25, -0.2) is 0 Å². The van der Waals surface area contributed by atoms with Crippen molar-refractivity contribution in [3.8, 4) is 11.5 Å². The number of ether oxygens (including phenoxy) is 4. The van der Waals surface area contributed by atoms with Crippen LogP contribution in [0.15, 0.2) is 37.4 Å². The van der Waals surface area contributed by atoms with Gasteiger partial charge in [-0.1, -0.05) is 39.8 Å². The predicted molar refractivity (Wildman–Crippen MR) is 147 cm³/mol. The molecule has 0 unspecified atom stereocenters. The summed E-state index contributed by atoms with van der Waals surface area (Å²) in [7, 11) is 0. The number of hydrogen-bond donors (Lipinski definition) is 2. The lowest BCUT2D eigenvalue weighted by atomic mass is 9.75. The summed E-state index contributed by atoms with van der Waals surface area (Å²) in [4.78, 5) is 23.9. The van der Waals surface area contributed by atoms with Crippen LogP contribution in [0.3, 0.4) is 0 Å². The zero-order valence-corrected chi connectivity index (χ0v) is 23.6. The van der Waals surface area contributed by atoms with Crippen LogP contribution < -0.4 is 0 Å². The summed E-state index contributed by atoms with van der Waals surface area (Å²) in [5.41, 5.74) is 0.277. The van der Waals surface area contributed by atoms with E-state index in [9.17, 15) is 19.8 Å². The highest BCUT2D eigenvalue weighted by atomic mass is 16.6. The predicted octanol–water partition coefficient (Wildman–Crippen LogP) is 5.49. The van der Waals surface area contributed by atoms with Gasteiger partial charge in [0.2, 0.25) is 0 Å². The molecule has 1 rings (SSSR count). The largest absolute Gasteiger partial charge is 0.508 e. The standard InChI is InChI=1S/C30H46O8/c1-7-15-35-17-19-37-27(33)11-9-13-29(3,4)23-21-26(32)24(22-25(23)31)30(5,6)14-10-12-28(34)38-20-18-36-16-8-2/h7-8,21-22,31-32H,1-2,9-20H2,3-6H3. The van der Waals surface area contributed by atoms with E-state index in [4.69, 9.17) is 18.9 Å². The van der Waals surface area contributed by atoms with E-state index < -0.39 is 10.8 Å². The number of carbonyl (C=O) groups is 2. The lowest BCUT2D eigenvalue weighted by Crippen LogP contribution is -2.21. The number of rotatable bonds is 20. The third-order valence-corrected chi connectivity index (χ3v) is 6.39. The summed E-state index contributed by atoms with van der Waals surface area (Å²) in [5, 5.41) is 21.7. The average Bonchev–Trinajstić information content (AvgIpc) is 2.84. The molecule has 0 saturated heterocycles. The molecule has 0 amide bonds. The molecular weight excluding hydrogens is 488 g/mol. The average molecular weight is 535 g/mol. The van der Waals surface area contributed by atoms with Gasteiger partial charge in [0.05, 0.1) is 26.4 Å². The van der Waals surface area contributed by atoms with Crippen molar-refractivity contribution in [3.05, 3.63) is 48.6 Å². The molecule has 8 heteroatoms. The quantitative estimate of drug-likeness (QED) is 0.0978. The van der Waals surface area contributed by atoms with Crippen LogP contribution in [0.4, 0.5) is 0 Å². The molecule has 0 spiro atoms. The van der Waals surface area contributed by atoms with Crippen molar-refractivity contribution in [2.75, 3.05) is 39.6 Å². The number of phenols is 2. The van der Waals surface area contributed by atoms with Gasteiger partial charge >= 0.3 is 11.9 Å². The molecule has 0 aliphatic carbocycles. The van der Waals surface area contributed by atoms with Crippen LogP contribution in [0.5, 0.6) is 11.5 Å². The first-order valence-electron chi connectivity index (χ1n) is 13.2. The van der Waals surface area contributed by atoms with Gasteiger partial charge in [0.15, 0.2) is 0 Å². The fourth-order valence-electron chi connectivity index (χ4n) is 4.19. The second-order valence-corrected chi connectivity index (χ2v) is 10.5. The summed E-state index contributed by atoms with van der Waals surface area (Å²) < 4.78 is 20.7. The van der Waals surface area contributed by atoms with Crippen LogP contribution >= 0.6 is 0 Å². The van der Waals surface area contributed by atoms with Crippen molar-refractivity contribution in [3.63, 3.8) is 0 Å². The van der Waals surface area contributed by atoms with Gasteiger partial charge in [0.1, 0.15) is 24.7 Å². The fourth-order valence-corrected chi connectivity index (χ4v) is 4.19. The molecular formula is C30H46O8. The summed E-state index contributed by atoms with van der Waals surface area (Å²) in [6.07, 6.45) is 6.16. The van der Waals surface area contributed by atoms with Crippen LogP contribution in [-0.2, 0) is 39.4 Å². The maximum atomic E-state index is 12.0. The Morgan fingerprint density at radius 2 is 1.11 bits per heavy atom. The van der Waals surface area contributed by atoms with Crippen molar-refractivity contribution in [2.24, 2.45) is 0 Å². The first-order valence-corrected chi connectivity index (χ1v) is 13.2. The molecule has 0 heterocycles. The molecule has 0 atom stereocenters. The first-order chi connectivity index (χ1) is 17.9. The minimum absolute atomic E-state index is 0.0942. The Balaban J connectivity index is 2.63. The number of phenolic OH excluding ortho intramolecular Hbond substituents is 2. The van der Waals surface area contributed by atoms with Gasteiger partial charge < -0.3 is 29.2 Å². The van der Waals surface area contributed by atoms with Gasteiger partial charge in [-0.3, -0.25) is 9.59 Å². The summed E-state index contributed by atoms with van der Waals surface area (Å²) >= 11 is 0. The molecule has 0 aromatic heterocycles. The first kappa shape index (κ1) is 33.2. The number of esters is 2. The van der Waals surface area contributed by atoms with Crippen LogP contribution in [0.2, 0.25) is 0 Å². The molecule has 2 N–H and O–H groups in total.